The summed E-state index contributed by atoms with van der Waals surface area (Å²) in [5, 5.41) is 17.2. The molecule has 3 heterocycles. The van der Waals surface area contributed by atoms with E-state index in [1.54, 1.807) is 16.7 Å². The van der Waals surface area contributed by atoms with Gasteiger partial charge >= 0.3 is 0 Å². The van der Waals surface area contributed by atoms with Gasteiger partial charge in [-0.15, -0.1) is 10.2 Å². The van der Waals surface area contributed by atoms with Crippen LogP contribution in [0.15, 0.2) is 0 Å². The molecule has 2 aliphatic heterocycles. The fourth-order valence-electron chi connectivity index (χ4n) is 3.11. The molecule has 23 heavy (non-hydrogen) atoms. The fourth-order valence-corrected chi connectivity index (χ4v) is 3.11. The molecule has 1 N–H and O–H groups in total. The number of nitrogens with zero attached hydrogens (tertiary/aromatic N) is 5. The van der Waals surface area contributed by atoms with Gasteiger partial charge in [-0.3, -0.25) is 9.59 Å². The Kier molecular flexibility index (Phi) is 4.07. The molecule has 2 amide bonds. The van der Waals surface area contributed by atoms with Crippen molar-refractivity contribution >= 4 is 11.8 Å². The first-order valence-corrected chi connectivity index (χ1v) is 7.65. The molecule has 1 unspecified atom stereocenters. The molecule has 9 heteroatoms. The van der Waals surface area contributed by atoms with E-state index in [-0.39, 0.29) is 25.0 Å². The number of aliphatic hydroxyl groups is 1. The van der Waals surface area contributed by atoms with Crippen molar-refractivity contribution in [2.45, 2.75) is 39.1 Å². The van der Waals surface area contributed by atoms with E-state index in [4.69, 9.17) is 4.74 Å². The molecule has 1 aromatic heterocycles. The highest BCUT2D eigenvalue weighted by Crippen LogP contribution is 2.23. The maximum Gasteiger partial charge on any atom is 0.256 e. The van der Waals surface area contributed by atoms with Gasteiger partial charge in [0.1, 0.15) is 6.61 Å². The summed E-state index contributed by atoms with van der Waals surface area (Å²) in [6.45, 7) is 5.52. The monoisotopic (exact) mass is 323 g/mol. The van der Waals surface area contributed by atoms with Crippen LogP contribution in [-0.2, 0) is 34.0 Å². The van der Waals surface area contributed by atoms with Crippen LogP contribution >= 0.6 is 0 Å². The number of hydrogen-bond donors (Lipinski definition) is 1. The molecular formula is C14H21N5O4. The van der Waals surface area contributed by atoms with E-state index in [2.05, 4.69) is 10.2 Å². The van der Waals surface area contributed by atoms with Gasteiger partial charge in [-0.25, -0.2) is 0 Å². The molecule has 0 bridgehead atoms. The van der Waals surface area contributed by atoms with Crippen molar-refractivity contribution < 1.29 is 19.4 Å². The van der Waals surface area contributed by atoms with Crippen LogP contribution in [0.1, 0.15) is 25.5 Å². The number of carbonyl (C=O) groups is 2. The summed E-state index contributed by atoms with van der Waals surface area (Å²) in [5.41, 5.74) is -1.04. The van der Waals surface area contributed by atoms with Gasteiger partial charge in [-0.1, -0.05) is 0 Å². The number of rotatable bonds is 2. The fraction of sp³-hybridized carbons (Fsp3) is 0.714. The van der Waals surface area contributed by atoms with Gasteiger partial charge in [0.2, 0.25) is 5.91 Å². The van der Waals surface area contributed by atoms with Gasteiger partial charge in [0.05, 0.1) is 19.7 Å². The van der Waals surface area contributed by atoms with Crippen LogP contribution in [0.5, 0.6) is 0 Å². The highest BCUT2D eigenvalue weighted by Gasteiger charge is 2.43. The Bertz CT molecular complexity index is 631. The first-order valence-electron chi connectivity index (χ1n) is 7.65. The summed E-state index contributed by atoms with van der Waals surface area (Å²) < 4.78 is 7.54. The number of carbonyl (C=O) groups excluding carboxylic acids is 2. The topological polar surface area (TPSA) is 101 Å². The largest absolute Gasteiger partial charge is 0.388 e. The lowest BCUT2D eigenvalue weighted by atomic mass is 10.0. The van der Waals surface area contributed by atoms with Crippen molar-refractivity contribution in [3.8, 4) is 0 Å². The molecule has 9 nitrogen and oxygen atoms in total. The van der Waals surface area contributed by atoms with E-state index >= 15 is 0 Å². The lowest BCUT2D eigenvalue weighted by molar-refractivity contribution is -0.172. The summed E-state index contributed by atoms with van der Waals surface area (Å²) in [6, 6.07) is 0. The molecule has 0 radical (unpaired) electrons. The zero-order chi connectivity index (χ0) is 16.6. The van der Waals surface area contributed by atoms with Gasteiger partial charge in [-0.05, 0) is 6.92 Å². The molecule has 0 aromatic carbocycles. The van der Waals surface area contributed by atoms with Crippen molar-refractivity contribution in [2.75, 3.05) is 26.2 Å². The van der Waals surface area contributed by atoms with Crippen LogP contribution in [0.4, 0.5) is 0 Å². The number of aliphatic hydroxyl groups excluding tert-OH is 1. The molecule has 0 spiro atoms. The molecule has 1 atom stereocenters. The number of amides is 2. The maximum atomic E-state index is 12.9. The first kappa shape index (κ1) is 15.9. The predicted octanol–water partition coefficient (Wildman–Crippen LogP) is -1.25. The van der Waals surface area contributed by atoms with Crippen LogP contribution in [-0.4, -0.2) is 73.3 Å². The summed E-state index contributed by atoms with van der Waals surface area (Å²) in [7, 11) is 0. The van der Waals surface area contributed by atoms with Gasteiger partial charge in [-0.2, -0.15) is 0 Å². The summed E-state index contributed by atoms with van der Waals surface area (Å²) in [6.07, 6.45) is 0. The summed E-state index contributed by atoms with van der Waals surface area (Å²) >= 11 is 0. The minimum absolute atomic E-state index is 0.0571. The Labute approximate surface area is 133 Å². The first-order chi connectivity index (χ1) is 10.9. The van der Waals surface area contributed by atoms with Gasteiger partial charge in [0, 0.05) is 26.6 Å². The average molecular weight is 323 g/mol. The van der Waals surface area contributed by atoms with Crippen molar-refractivity contribution in [3.05, 3.63) is 11.6 Å². The average Bonchev–Trinajstić information content (AvgIpc) is 2.96. The number of aromatic nitrogens is 3. The van der Waals surface area contributed by atoms with Crippen molar-refractivity contribution in [1.82, 2.24) is 24.6 Å². The van der Waals surface area contributed by atoms with Gasteiger partial charge < -0.3 is 24.2 Å². The Morgan fingerprint density at radius 3 is 2.74 bits per heavy atom. The molecule has 1 saturated heterocycles. The minimum Gasteiger partial charge on any atom is -0.388 e. The highest BCUT2D eigenvalue weighted by atomic mass is 16.5. The quantitative estimate of drug-likeness (QED) is 0.730. The molecular weight excluding hydrogens is 302 g/mol. The second-order valence-corrected chi connectivity index (χ2v) is 6.09. The third kappa shape index (κ3) is 2.81. The standard InChI is InChI=1S/C14H21N5O4/c1-10(21)18-5-6-23-14(2,9-18)13(22)17-3-4-19-11(7-17)15-16-12(19)8-20/h20H,3-9H2,1-2H3. The van der Waals surface area contributed by atoms with Crippen LogP contribution in [0.3, 0.4) is 0 Å². The van der Waals surface area contributed by atoms with E-state index in [1.807, 2.05) is 4.57 Å². The number of morpholine rings is 1. The second kappa shape index (κ2) is 5.89. The number of ether oxygens (including phenoxy) is 1. The number of fused-ring (bicyclic) bond motifs is 1. The summed E-state index contributed by atoms with van der Waals surface area (Å²) in [5.74, 6) is 0.952. The molecule has 126 valence electrons. The van der Waals surface area contributed by atoms with E-state index < -0.39 is 5.60 Å². The normalized spacial score (nSPS) is 24.5. The molecule has 1 fully saturated rings. The highest BCUT2D eigenvalue weighted by molar-refractivity contribution is 5.86. The Morgan fingerprint density at radius 1 is 1.26 bits per heavy atom. The van der Waals surface area contributed by atoms with E-state index in [0.29, 0.717) is 44.4 Å². The van der Waals surface area contributed by atoms with Gasteiger partial charge in [0.15, 0.2) is 17.2 Å². The number of hydrogen-bond acceptors (Lipinski definition) is 6. The van der Waals surface area contributed by atoms with Crippen molar-refractivity contribution in [3.63, 3.8) is 0 Å². The molecule has 3 rings (SSSR count). The van der Waals surface area contributed by atoms with Crippen LogP contribution in [0, 0.1) is 0 Å². The second-order valence-electron chi connectivity index (χ2n) is 6.09. The SMILES string of the molecule is CC(=O)N1CCOC(C)(C(=O)N2CCn3c(CO)nnc3C2)C1. The minimum atomic E-state index is -1.04. The third-order valence-corrected chi connectivity index (χ3v) is 4.43. The van der Waals surface area contributed by atoms with Crippen molar-refractivity contribution in [1.29, 1.82) is 0 Å². The van der Waals surface area contributed by atoms with E-state index in [1.165, 1.54) is 6.92 Å². The van der Waals surface area contributed by atoms with Crippen molar-refractivity contribution in [2.24, 2.45) is 0 Å². The molecule has 0 aliphatic carbocycles. The third-order valence-electron chi connectivity index (χ3n) is 4.43. The molecule has 2 aliphatic rings. The molecule has 0 saturated carbocycles. The van der Waals surface area contributed by atoms with Crippen LogP contribution in [0.2, 0.25) is 0 Å². The van der Waals surface area contributed by atoms with E-state index in [9.17, 15) is 14.7 Å². The predicted molar refractivity (Wildman–Crippen MR) is 78.0 cm³/mol. The maximum absolute atomic E-state index is 12.9. The Hall–Kier alpha value is -2.00. The lowest BCUT2D eigenvalue weighted by Crippen LogP contribution is -2.60. The Balaban J connectivity index is 1.74. The van der Waals surface area contributed by atoms with Gasteiger partial charge in [0.25, 0.3) is 5.91 Å². The smallest absolute Gasteiger partial charge is 0.256 e. The van der Waals surface area contributed by atoms with Crippen LogP contribution < -0.4 is 0 Å². The van der Waals surface area contributed by atoms with E-state index in [0.717, 1.165) is 0 Å². The van der Waals surface area contributed by atoms with Crippen LogP contribution in [0.25, 0.3) is 0 Å². The zero-order valence-electron chi connectivity index (χ0n) is 13.4. The lowest BCUT2D eigenvalue weighted by Gasteiger charge is -2.42. The molecule has 1 aromatic rings. The summed E-state index contributed by atoms with van der Waals surface area (Å²) in [4.78, 5) is 27.8. The zero-order valence-corrected chi connectivity index (χ0v) is 13.4. The Morgan fingerprint density at radius 2 is 2.04 bits per heavy atom.